The third-order valence-corrected chi connectivity index (χ3v) is 3.67. The number of hydrogen-bond acceptors (Lipinski definition) is 4. The van der Waals surface area contributed by atoms with Gasteiger partial charge >= 0.3 is 0 Å². The Bertz CT molecular complexity index is 619. The van der Waals surface area contributed by atoms with E-state index in [1.54, 1.807) is 0 Å². The topological polar surface area (TPSA) is 36.3 Å². The highest BCUT2D eigenvalue weighted by Crippen LogP contribution is 2.27. The standard InChI is InChI=1S/C15H22ClN5/c1-19(2)14-7-6-11(8-13(14)16)17-9-12-10-18-15(20(3)4)21(12)5/h6-8,10,17H,9H2,1-5H3. The molecule has 0 unspecified atom stereocenters. The van der Waals surface area contributed by atoms with E-state index >= 15 is 0 Å². The molecule has 0 aliphatic rings. The van der Waals surface area contributed by atoms with Crippen LogP contribution in [-0.4, -0.2) is 37.7 Å². The molecule has 1 N–H and O–H groups in total. The zero-order chi connectivity index (χ0) is 15.6. The molecule has 0 fully saturated rings. The van der Waals surface area contributed by atoms with E-state index in [2.05, 4.69) is 14.9 Å². The summed E-state index contributed by atoms with van der Waals surface area (Å²) in [6.07, 6.45) is 1.89. The molecular weight excluding hydrogens is 286 g/mol. The van der Waals surface area contributed by atoms with Gasteiger partial charge in [0, 0.05) is 40.9 Å². The number of imidazole rings is 1. The first kappa shape index (κ1) is 15.5. The molecule has 2 aromatic rings. The average molecular weight is 308 g/mol. The predicted octanol–water partition coefficient (Wildman–Crippen LogP) is 2.82. The van der Waals surface area contributed by atoms with Gasteiger partial charge in [0.25, 0.3) is 0 Å². The number of rotatable bonds is 5. The lowest BCUT2D eigenvalue weighted by Crippen LogP contribution is -2.15. The summed E-state index contributed by atoms with van der Waals surface area (Å²) >= 11 is 6.28. The molecule has 2 rings (SSSR count). The van der Waals surface area contributed by atoms with Crippen LogP contribution in [0, 0.1) is 0 Å². The van der Waals surface area contributed by atoms with Gasteiger partial charge in [0.2, 0.25) is 5.95 Å². The van der Waals surface area contributed by atoms with Crippen LogP contribution in [-0.2, 0) is 13.6 Å². The Hall–Kier alpha value is -1.88. The van der Waals surface area contributed by atoms with Crippen molar-refractivity contribution in [3.05, 3.63) is 35.1 Å². The number of anilines is 3. The van der Waals surface area contributed by atoms with Crippen LogP contribution in [0.1, 0.15) is 5.69 Å². The maximum absolute atomic E-state index is 6.28. The smallest absolute Gasteiger partial charge is 0.204 e. The van der Waals surface area contributed by atoms with Gasteiger partial charge in [0.1, 0.15) is 0 Å². The summed E-state index contributed by atoms with van der Waals surface area (Å²) in [4.78, 5) is 8.39. The van der Waals surface area contributed by atoms with Gasteiger partial charge in [-0.15, -0.1) is 0 Å². The molecule has 0 saturated carbocycles. The number of nitrogens with zero attached hydrogens (tertiary/aromatic N) is 4. The molecular formula is C15H22ClN5. The first-order valence-electron chi connectivity index (χ1n) is 6.79. The van der Waals surface area contributed by atoms with Gasteiger partial charge in [-0.1, -0.05) is 11.6 Å². The van der Waals surface area contributed by atoms with Crippen molar-refractivity contribution in [2.45, 2.75) is 6.54 Å². The summed E-state index contributed by atoms with van der Waals surface area (Å²) in [5.41, 5.74) is 3.13. The van der Waals surface area contributed by atoms with Crippen LogP contribution >= 0.6 is 11.6 Å². The highest BCUT2D eigenvalue weighted by atomic mass is 35.5. The fourth-order valence-electron chi connectivity index (χ4n) is 2.19. The lowest BCUT2D eigenvalue weighted by molar-refractivity contribution is 0.814. The zero-order valence-electron chi connectivity index (χ0n) is 13.2. The third kappa shape index (κ3) is 3.42. The maximum Gasteiger partial charge on any atom is 0.204 e. The maximum atomic E-state index is 6.28. The fourth-order valence-corrected chi connectivity index (χ4v) is 2.54. The Morgan fingerprint density at radius 1 is 1.19 bits per heavy atom. The van der Waals surface area contributed by atoms with E-state index in [4.69, 9.17) is 11.6 Å². The molecule has 1 aromatic heterocycles. The quantitative estimate of drug-likeness (QED) is 0.921. The predicted molar refractivity (Wildman–Crippen MR) is 90.6 cm³/mol. The molecule has 0 aliphatic carbocycles. The van der Waals surface area contributed by atoms with Gasteiger partial charge in [-0.05, 0) is 18.2 Å². The molecule has 5 nitrogen and oxygen atoms in total. The van der Waals surface area contributed by atoms with Gasteiger partial charge in [0.15, 0.2) is 0 Å². The molecule has 0 aliphatic heterocycles. The second-order valence-electron chi connectivity index (χ2n) is 5.42. The summed E-state index contributed by atoms with van der Waals surface area (Å²) in [6.45, 7) is 0.703. The normalized spacial score (nSPS) is 10.6. The van der Waals surface area contributed by atoms with E-state index in [0.717, 1.165) is 28.0 Å². The van der Waals surface area contributed by atoms with Gasteiger partial charge in [-0.3, -0.25) is 0 Å². The minimum absolute atomic E-state index is 0.703. The van der Waals surface area contributed by atoms with Crippen molar-refractivity contribution in [2.75, 3.05) is 43.3 Å². The van der Waals surface area contributed by atoms with Gasteiger partial charge < -0.3 is 19.7 Å². The summed E-state index contributed by atoms with van der Waals surface area (Å²) in [5.74, 6) is 0.938. The van der Waals surface area contributed by atoms with E-state index in [9.17, 15) is 0 Å². The molecule has 0 amide bonds. The Labute approximate surface area is 131 Å². The van der Waals surface area contributed by atoms with Crippen molar-refractivity contribution < 1.29 is 0 Å². The second-order valence-corrected chi connectivity index (χ2v) is 5.82. The summed E-state index contributed by atoms with van der Waals surface area (Å²) in [5, 5.41) is 4.12. The van der Waals surface area contributed by atoms with E-state index in [-0.39, 0.29) is 0 Å². The number of halogens is 1. The number of hydrogen-bond donors (Lipinski definition) is 1. The van der Waals surface area contributed by atoms with E-state index in [1.165, 1.54) is 0 Å². The summed E-state index contributed by atoms with van der Waals surface area (Å²) in [7, 11) is 9.94. The summed E-state index contributed by atoms with van der Waals surface area (Å²) < 4.78 is 2.07. The third-order valence-electron chi connectivity index (χ3n) is 3.36. The van der Waals surface area contributed by atoms with Crippen LogP contribution < -0.4 is 15.1 Å². The van der Waals surface area contributed by atoms with Crippen LogP contribution in [0.3, 0.4) is 0 Å². The van der Waals surface area contributed by atoms with E-state index in [1.807, 2.05) is 69.4 Å². The van der Waals surface area contributed by atoms with Gasteiger partial charge in [-0.25, -0.2) is 4.98 Å². The lowest BCUT2D eigenvalue weighted by Gasteiger charge is -2.16. The molecule has 21 heavy (non-hydrogen) atoms. The van der Waals surface area contributed by atoms with Crippen molar-refractivity contribution >= 4 is 28.9 Å². The van der Waals surface area contributed by atoms with Crippen LogP contribution in [0.15, 0.2) is 24.4 Å². The molecule has 1 heterocycles. The van der Waals surface area contributed by atoms with Crippen molar-refractivity contribution in [1.82, 2.24) is 9.55 Å². The highest BCUT2D eigenvalue weighted by molar-refractivity contribution is 6.33. The van der Waals surface area contributed by atoms with Gasteiger partial charge in [-0.2, -0.15) is 0 Å². The Balaban J connectivity index is 2.08. The average Bonchev–Trinajstić information content (AvgIpc) is 2.77. The van der Waals surface area contributed by atoms with E-state index in [0.29, 0.717) is 6.54 Å². The lowest BCUT2D eigenvalue weighted by atomic mass is 10.2. The fraction of sp³-hybridized carbons (Fsp3) is 0.400. The van der Waals surface area contributed by atoms with Crippen molar-refractivity contribution in [3.8, 4) is 0 Å². The van der Waals surface area contributed by atoms with Gasteiger partial charge in [0.05, 0.1) is 29.1 Å². The van der Waals surface area contributed by atoms with Crippen LogP contribution in [0.2, 0.25) is 5.02 Å². The Kier molecular flexibility index (Phi) is 4.63. The molecule has 0 atom stereocenters. The van der Waals surface area contributed by atoms with Crippen molar-refractivity contribution in [2.24, 2.45) is 7.05 Å². The SMILES string of the molecule is CN(C)c1ccc(NCc2cnc(N(C)C)n2C)cc1Cl. The Morgan fingerprint density at radius 3 is 2.43 bits per heavy atom. The van der Waals surface area contributed by atoms with E-state index < -0.39 is 0 Å². The van der Waals surface area contributed by atoms with Crippen molar-refractivity contribution in [3.63, 3.8) is 0 Å². The van der Waals surface area contributed by atoms with Crippen molar-refractivity contribution in [1.29, 1.82) is 0 Å². The minimum atomic E-state index is 0.703. The summed E-state index contributed by atoms with van der Waals surface area (Å²) in [6, 6.07) is 5.99. The van der Waals surface area contributed by atoms with Crippen LogP contribution in [0.4, 0.5) is 17.3 Å². The zero-order valence-corrected chi connectivity index (χ0v) is 13.9. The monoisotopic (exact) mass is 307 g/mol. The molecule has 0 saturated heterocycles. The molecule has 6 heteroatoms. The molecule has 1 aromatic carbocycles. The first-order valence-corrected chi connectivity index (χ1v) is 7.16. The minimum Gasteiger partial charge on any atom is -0.379 e. The molecule has 0 radical (unpaired) electrons. The van der Waals surface area contributed by atoms with Crippen LogP contribution in [0.25, 0.3) is 0 Å². The number of aromatic nitrogens is 2. The second kappa shape index (κ2) is 6.26. The highest BCUT2D eigenvalue weighted by Gasteiger charge is 2.08. The number of benzene rings is 1. The van der Waals surface area contributed by atoms with Crippen LogP contribution in [0.5, 0.6) is 0 Å². The Morgan fingerprint density at radius 2 is 1.90 bits per heavy atom. The molecule has 114 valence electrons. The molecule has 0 bridgehead atoms. The first-order chi connectivity index (χ1) is 9.90. The molecule has 0 spiro atoms. The largest absolute Gasteiger partial charge is 0.379 e. The number of nitrogens with one attached hydrogen (secondary N) is 1.